The van der Waals surface area contributed by atoms with Gasteiger partial charge in [0.25, 0.3) is 0 Å². The molecule has 6 N–H and O–H groups in total. The lowest BCUT2D eigenvalue weighted by Crippen LogP contribution is -2.45. The van der Waals surface area contributed by atoms with Gasteiger partial charge in [0.1, 0.15) is 11.6 Å². The van der Waals surface area contributed by atoms with E-state index in [1.807, 2.05) is 42.5 Å². The minimum Gasteiger partial charge on any atom is -0.384 e. The summed E-state index contributed by atoms with van der Waals surface area (Å²) in [4.78, 5) is 40.1. The summed E-state index contributed by atoms with van der Waals surface area (Å²) in [5, 5.41) is 10.6. The van der Waals surface area contributed by atoms with Gasteiger partial charge in [-0.2, -0.15) is 0 Å². The number of Topliss-reactive ketones (excluding diaryl/α,β-unsaturated/α-hetero) is 2. The number of unbranched alkanes of at least 4 members (excludes halogenated alkanes) is 2. The summed E-state index contributed by atoms with van der Waals surface area (Å²) >= 11 is 0. The fourth-order valence-corrected chi connectivity index (χ4v) is 7.51. The molecule has 12 heteroatoms. The molecule has 11 nitrogen and oxygen atoms in total. The second-order valence-corrected chi connectivity index (χ2v) is 15.6. The summed E-state index contributed by atoms with van der Waals surface area (Å²) in [6.45, 7) is 1.61. The van der Waals surface area contributed by atoms with Crippen molar-refractivity contribution < 1.29 is 32.3 Å². The number of aryl methyl sites for hydroxylation is 1. The average Bonchev–Trinajstić information content (AvgIpc) is 3.14. The van der Waals surface area contributed by atoms with E-state index in [0.29, 0.717) is 82.4 Å². The molecule has 0 saturated carbocycles. The van der Waals surface area contributed by atoms with Gasteiger partial charge >= 0.3 is 0 Å². The van der Waals surface area contributed by atoms with E-state index in [0.717, 1.165) is 16.7 Å². The molecule has 0 bridgehead atoms. The zero-order valence-corrected chi connectivity index (χ0v) is 31.7. The van der Waals surface area contributed by atoms with Crippen LogP contribution in [0.25, 0.3) is 0 Å². The van der Waals surface area contributed by atoms with Crippen LogP contribution in [0.1, 0.15) is 79.2 Å². The Morgan fingerprint density at radius 2 is 1.51 bits per heavy atom. The molecular formula is C41H56N4O7S. The first-order valence-electron chi connectivity index (χ1n) is 18.4. The predicted molar refractivity (Wildman–Crippen MR) is 208 cm³/mol. The highest BCUT2D eigenvalue weighted by Crippen LogP contribution is 2.20. The summed E-state index contributed by atoms with van der Waals surface area (Å²) in [5.41, 5.74) is 15.4. The van der Waals surface area contributed by atoms with Gasteiger partial charge in [-0.15, -0.1) is 0 Å². The Bertz CT molecular complexity index is 1700. The quantitative estimate of drug-likeness (QED) is 0.0479. The number of methoxy groups -OCH3 is 1. The van der Waals surface area contributed by atoms with Gasteiger partial charge in [-0.3, -0.25) is 19.8 Å². The minimum atomic E-state index is -3.52. The molecule has 2 atom stereocenters. The van der Waals surface area contributed by atoms with Gasteiger partial charge in [0.15, 0.2) is 15.6 Å². The van der Waals surface area contributed by atoms with Gasteiger partial charge in [0.05, 0.1) is 37.4 Å². The maximum absolute atomic E-state index is 14.0. The van der Waals surface area contributed by atoms with Gasteiger partial charge < -0.3 is 26.3 Å². The van der Waals surface area contributed by atoms with Crippen LogP contribution in [0.2, 0.25) is 0 Å². The Balaban J connectivity index is 1.70. The number of hydrogen-bond acceptors (Lipinski definition) is 9. The third-order valence-corrected chi connectivity index (χ3v) is 10.8. The Hall–Kier alpha value is -4.23. The van der Waals surface area contributed by atoms with E-state index in [9.17, 15) is 22.8 Å². The summed E-state index contributed by atoms with van der Waals surface area (Å²) in [6.07, 6.45) is 4.13. The van der Waals surface area contributed by atoms with Crippen molar-refractivity contribution in [3.8, 4) is 0 Å². The zero-order valence-electron chi connectivity index (χ0n) is 30.9. The second kappa shape index (κ2) is 23.4. The van der Waals surface area contributed by atoms with E-state index < -0.39 is 21.8 Å². The molecule has 3 rings (SSSR count). The number of nitrogen functional groups attached to an aromatic ring is 1. The average molecular weight is 749 g/mol. The number of ether oxygens (including phenoxy) is 2. The number of benzene rings is 3. The molecule has 0 radical (unpaired) electrons. The zero-order chi connectivity index (χ0) is 38.5. The van der Waals surface area contributed by atoms with Crippen LogP contribution in [0.4, 0.5) is 0 Å². The molecule has 0 unspecified atom stereocenters. The smallest absolute Gasteiger partial charge is 0.223 e. The van der Waals surface area contributed by atoms with Crippen molar-refractivity contribution in [1.82, 2.24) is 5.32 Å². The normalized spacial score (nSPS) is 12.6. The van der Waals surface area contributed by atoms with Crippen molar-refractivity contribution in [2.24, 2.45) is 17.4 Å². The van der Waals surface area contributed by atoms with E-state index >= 15 is 0 Å². The highest BCUT2D eigenvalue weighted by Gasteiger charge is 2.27. The predicted octanol–water partition coefficient (Wildman–Crippen LogP) is 4.85. The molecule has 0 saturated heterocycles. The summed E-state index contributed by atoms with van der Waals surface area (Å²) in [6, 6.07) is 22.9. The van der Waals surface area contributed by atoms with Crippen LogP contribution in [0, 0.1) is 11.3 Å². The molecule has 0 aliphatic rings. The maximum Gasteiger partial charge on any atom is 0.223 e. The molecule has 0 aliphatic heterocycles. The first-order valence-corrected chi connectivity index (χ1v) is 20.2. The third-order valence-electron chi connectivity index (χ3n) is 9.14. The van der Waals surface area contributed by atoms with Gasteiger partial charge in [0, 0.05) is 44.4 Å². The fourth-order valence-electron chi connectivity index (χ4n) is 6.02. The molecule has 53 heavy (non-hydrogen) atoms. The van der Waals surface area contributed by atoms with Crippen LogP contribution in [0.5, 0.6) is 0 Å². The van der Waals surface area contributed by atoms with Crippen LogP contribution in [0.15, 0.2) is 78.9 Å². The number of amides is 1. The number of sulfone groups is 1. The highest BCUT2D eigenvalue weighted by atomic mass is 32.2. The van der Waals surface area contributed by atoms with Crippen LogP contribution in [-0.4, -0.2) is 70.5 Å². The number of amidine groups is 1. The number of carbonyl (C=O) groups excluding carboxylic acids is 3. The van der Waals surface area contributed by atoms with E-state index in [2.05, 4.69) is 5.32 Å². The number of nitrogens with one attached hydrogen (secondary N) is 2. The topological polar surface area (TPSA) is 192 Å². The van der Waals surface area contributed by atoms with Crippen LogP contribution < -0.4 is 16.8 Å². The lowest BCUT2D eigenvalue weighted by Gasteiger charge is -2.23. The van der Waals surface area contributed by atoms with Gasteiger partial charge in [-0.25, -0.2) is 8.42 Å². The number of nitrogens with two attached hydrogens (primary N) is 2. The molecule has 0 fully saturated rings. The van der Waals surface area contributed by atoms with Crippen molar-refractivity contribution in [2.75, 3.05) is 32.7 Å². The Kier molecular flexibility index (Phi) is 19.1. The molecule has 288 valence electrons. The summed E-state index contributed by atoms with van der Waals surface area (Å²) < 4.78 is 36.7. The summed E-state index contributed by atoms with van der Waals surface area (Å²) in [7, 11) is -1.93. The van der Waals surface area contributed by atoms with E-state index in [4.69, 9.17) is 26.4 Å². The van der Waals surface area contributed by atoms with Gasteiger partial charge in [-0.05, 0) is 54.4 Å². The summed E-state index contributed by atoms with van der Waals surface area (Å²) in [5.74, 6) is -1.37. The first kappa shape index (κ1) is 43.2. The van der Waals surface area contributed by atoms with Gasteiger partial charge in [-0.1, -0.05) is 91.7 Å². The molecule has 0 spiro atoms. The van der Waals surface area contributed by atoms with Crippen molar-refractivity contribution >= 4 is 33.1 Å². The number of ketones is 2. The van der Waals surface area contributed by atoms with E-state index in [-0.39, 0.29) is 54.1 Å². The fraction of sp³-hybridized carbons (Fsp3) is 0.463. The number of rotatable bonds is 27. The largest absolute Gasteiger partial charge is 0.384 e. The maximum atomic E-state index is 14.0. The Morgan fingerprint density at radius 1 is 0.792 bits per heavy atom. The van der Waals surface area contributed by atoms with E-state index in [1.54, 1.807) is 43.5 Å². The highest BCUT2D eigenvalue weighted by molar-refractivity contribution is 7.90. The lowest BCUT2D eigenvalue weighted by atomic mass is 9.93. The SMILES string of the molecule is COCCOCCC(=O)CCCCC[C@@H](CCS(=O)(=O)Cc1ccccc1)C(=O)N[C@@H](Cc1cccc(CN)c1)C(=O)CCc1ccc(C(=N)N)cc1. The molecule has 3 aromatic rings. The van der Waals surface area contributed by atoms with Crippen LogP contribution in [0.3, 0.4) is 0 Å². The van der Waals surface area contributed by atoms with Crippen molar-refractivity contribution in [3.05, 3.63) is 107 Å². The minimum absolute atomic E-state index is 0.0365. The molecule has 0 aromatic heterocycles. The monoisotopic (exact) mass is 748 g/mol. The van der Waals surface area contributed by atoms with Crippen molar-refractivity contribution in [3.63, 3.8) is 0 Å². The number of hydrogen-bond donors (Lipinski definition) is 4. The molecule has 1 amide bonds. The lowest BCUT2D eigenvalue weighted by molar-refractivity contribution is -0.130. The second-order valence-electron chi connectivity index (χ2n) is 13.4. The molecule has 0 aliphatic carbocycles. The van der Waals surface area contributed by atoms with Crippen molar-refractivity contribution in [1.29, 1.82) is 5.41 Å². The van der Waals surface area contributed by atoms with Crippen LogP contribution in [-0.2, 0) is 58.8 Å². The standard InChI is InChI=1S/C41H56N4O7S/c1-51-24-25-52-23-21-37(46)14-7-3-6-13-36(22-26-53(49,50)30-32-9-4-2-5-10-32)41(48)45-38(28-33-11-8-12-34(27-33)29-42)39(47)20-17-31-15-18-35(19-16-31)40(43)44/h2,4-5,8-12,15-16,18-19,27,36,38H,3,6-7,13-14,17,20-26,28-30,42H2,1H3,(H3,43,44)(H,45,48)/t36-,38-/m0/s1. The Labute approximate surface area is 314 Å². The van der Waals surface area contributed by atoms with E-state index in [1.165, 1.54) is 0 Å². The first-order chi connectivity index (χ1) is 25.5. The molecule has 3 aromatic carbocycles. The van der Waals surface area contributed by atoms with Crippen molar-refractivity contribution in [2.45, 2.75) is 82.5 Å². The Morgan fingerprint density at radius 3 is 2.21 bits per heavy atom. The van der Waals surface area contributed by atoms with Crippen LogP contribution >= 0.6 is 0 Å². The van der Waals surface area contributed by atoms with Gasteiger partial charge in [0.2, 0.25) is 5.91 Å². The third kappa shape index (κ3) is 17.0. The molecule has 0 heterocycles. The number of carbonyl (C=O) groups is 3. The molecular weight excluding hydrogens is 693 g/mol.